The van der Waals surface area contributed by atoms with Gasteiger partial charge in [0.25, 0.3) is 0 Å². The Morgan fingerprint density at radius 3 is 2.21 bits per heavy atom. The molecule has 0 heterocycles. The zero-order valence-electron chi connectivity index (χ0n) is 10.7. The number of esters is 1. The fraction of sp³-hybridized carbons (Fsp3) is 0.188. The number of hydrogen-bond donors (Lipinski definition) is 1. The Kier molecular flexibility index (Phi) is 4.70. The van der Waals surface area contributed by atoms with Crippen LogP contribution in [-0.4, -0.2) is 5.97 Å². The van der Waals surface area contributed by atoms with Crippen LogP contribution >= 0.6 is 0 Å². The maximum atomic E-state index is 11.7. The summed E-state index contributed by atoms with van der Waals surface area (Å²) in [6.07, 6.45) is 0.191. The Morgan fingerprint density at radius 1 is 1.00 bits per heavy atom. The van der Waals surface area contributed by atoms with Crippen LogP contribution in [0, 0.1) is 0 Å². The van der Waals surface area contributed by atoms with Gasteiger partial charge in [0.2, 0.25) is 0 Å². The molecule has 98 valence electrons. The third-order valence-corrected chi connectivity index (χ3v) is 2.86. The van der Waals surface area contributed by atoms with Crippen molar-refractivity contribution < 1.29 is 9.53 Å². The van der Waals surface area contributed by atoms with Gasteiger partial charge in [-0.15, -0.1) is 0 Å². The molecule has 0 fully saturated rings. The largest absolute Gasteiger partial charge is 0.461 e. The van der Waals surface area contributed by atoms with Crippen molar-refractivity contribution in [2.24, 2.45) is 5.73 Å². The maximum absolute atomic E-state index is 11.7. The number of carbonyl (C=O) groups is 1. The lowest BCUT2D eigenvalue weighted by Gasteiger charge is -2.11. The van der Waals surface area contributed by atoms with E-state index in [4.69, 9.17) is 10.5 Å². The van der Waals surface area contributed by atoms with E-state index < -0.39 is 0 Å². The highest BCUT2D eigenvalue weighted by Gasteiger charge is 2.12. The maximum Gasteiger partial charge on any atom is 0.308 e. The highest BCUT2D eigenvalue weighted by Crippen LogP contribution is 2.14. The van der Waals surface area contributed by atoms with E-state index in [2.05, 4.69) is 0 Å². The first kappa shape index (κ1) is 13.3. The Bertz CT molecular complexity index is 511. The molecule has 1 atom stereocenters. The van der Waals surface area contributed by atoms with Crippen LogP contribution < -0.4 is 5.73 Å². The highest BCUT2D eigenvalue weighted by atomic mass is 16.5. The molecule has 0 spiro atoms. The van der Waals surface area contributed by atoms with E-state index in [9.17, 15) is 4.79 Å². The normalized spacial score (nSPS) is 11.8. The van der Waals surface area contributed by atoms with Gasteiger partial charge in [-0.05, 0) is 11.1 Å². The Labute approximate surface area is 113 Å². The van der Waals surface area contributed by atoms with Crippen LogP contribution in [0.2, 0.25) is 0 Å². The van der Waals surface area contributed by atoms with Crippen LogP contribution in [0.5, 0.6) is 0 Å². The van der Waals surface area contributed by atoms with Crippen LogP contribution in [0.15, 0.2) is 60.7 Å². The number of carbonyl (C=O) groups excluding carboxylic acids is 1. The lowest BCUT2D eigenvalue weighted by Crippen LogP contribution is -2.17. The molecule has 0 aliphatic rings. The molecule has 0 aromatic heterocycles. The van der Waals surface area contributed by atoms with E-state index in [-0.39, 0.29) is 18.4 Å². The van der Waals surface area contributed by atoms with Crippen molar-refractivity contribution in [3.63, 3.8) is 0 Å². The minimum atomic E-state index is -0.315. The Hall–Kier alpha value is -2.13. The number of ether oxygens (including phenoxy) is 1. The van der Waals surface area contributed by atoms with Gasteiger partial charge in [0.1, 0.15) is 6.61 Å². The van der Waals surface area contributed by atoms with Crippen molar-refractivity contribution in [3.8, 4) is 0 Å². The van der Waals surface area contributed by atoms with Gasteiger partial charge in [0.05, 0.1) is 6.42 Å². The third-order valence-electron chi connectivity index (χ3n) is 2.86. The summed E-state index contributed by atoms with van der Waals surface area (Å²) >= 11 is 0. The molecule has 2 rings (SSSR count). The minimum Gasteiger partial charge on any atom is -0.461 e. The molecule has 2 N–H and O–H groups in total. The number of nitrogens with two attached hydrogens (primary N) is 1. The third kappa shape index (κ3) is 4.23. The van der Waals surface area contributed by atoms with Gasteiger partial charge in [-0.25, -0.2) is 0 Å². The first-order chi connectivity index (χ1) is 9.25. The van der Waals surface area contributed by atoms with Crippen LogP contribution in [0.4, 0.5) is 0 Å². The molecule has 0 bridgehead atoms. The summed E-state index contributed by atoms with van der Waals surface area (Å²) in [6, 6.07) is 18.8. The van der Waals surface area contributed by atoms with Crippen molar-refractivity contribution in [2.75, 3.05) is 0 Å². The summed E-state index contributed by atoms with van der Waals surface area (Å²) in [5.41, 5.74) is 7.88. The van der Waals surface area contributed by atoms with Gasteiger partial charge in [0.15, 0.2) is 0 Å². The fourth-order valence-corrected chi connectivity index (χ4v) is 1.79. The second-order valence-corrected chi connectivity index (χ2v) is 4.37. The van der Waals surface area contributed by atoms with Crippen molar-refractivity contribution in [3.05, 3.63) is 71.8 Å². The topological polar surface area (TPSA) is 52.3 Å². The summed E-state index contributed by atoms with van der Waals surface area (Å²) in [4.78, 5) is 11.7. The summed E-state index contributed by atoms with van der Waals surface area (Å²) in [7, 11) is 0. The minimum absolute atomic E-state index is 0.191. The van der Waals surface area contributed by atoms with Gasteiger partial charge in [-0.3, -0.25) is 4.79 Å². The average molecular weight is 255 g/mol. The molecule has 0 saturated carbocycles. The van der Waals surface area contributed by atoms with Crippen molar-refractivity contribution in [2.45, 2.75) is 19.1 Å². The SMILES string of the molecule is NC(CC(=O)OCc1ccccc1)c1ccccc1. The molecule has 0 radical (unpaired) electrons. The number of hydrogen-bond acceptors (Lipinski definition) is 3. The Balaban J connectivity index is 1.82. The summed E-state index contributed by atoms with van der Waals surface area (Å²) < 4.78 is 5.20. The average Bonchev–Trinajstić information content (AvgIpc) is 2.47. The molecule has 2 aromatic carbocycles. The summed E-state index contributed by atoms with van der Waals surface area (Å²) in [5.74, 6) is -0.278. The highest BCUT2D eigenvalue weighted by molar-refractivity contribution is 5.70. The summed E-state index contributed by atoms with van der Waals surface area (Å²) in [5, 5.41) is 0. The predicted molar refractivity (Wildman–Crippen MR) is 74.2 cm³/mol. The van der Waals surface area contributed by atoms with E-state index >= 15 is 0 Å². The molecular weight excluding hydrogens is 238 g/mol. The monoisotopic (exact) mass is 255 g/mol. The first-order valence-corrected chi connectivity index (χ1v) is 6.26. The first-order valence-electron chi connectivity index (χ1n) is 6.26. The molecule has 3 nitrogen and oxygen atoms in total. The molecule has 0 aliphatic carbocycles. The van der Waals surface area contributed by atoms with Crippen molar-refractivity contribution in [1.29, 1.82) is 0 Å². The van der Waals surface area contributed by atoms with Crippen molar-refractivity contribution >= 4 is 5.97 Å². The fourth-order valence-electron chi connectivity index (χ4n) is 1.79. The summed E-state index contributed by atoms with van der Waals surface area (Å²) in [6.45, 7) is 0.293. The standard InChI is InChI=1S/C16H17NO2/c17-15(14-9-5-2-6-10-14)11-16(18)19-12-13-7-3-1-4-8-13/h1-10,15H,11-12,17H2. The van der Waals surface area contributed by atoms with E-state index in [1.54, 1.807) is 0 Å². The quantitative estimate of drug-likeness (QED) is 0.836. The van der Waals surface area contributed by atoms with Gasteiger partial charge in [0, 0.05) is 6.04 Å². The van der Waals surface area contributed by atoms with Crippen LogP contribution in [0.1, 0.15) is 23.6 Å². The molecule has 3 heteroatoms. The van der Waals surface area contributed by atoms with Gasteiger partial charge >= 0.3 is 5.97 Å². The molecule has 0 aliphatic heterocycles. The molecule has 0 saturated heterocycles. The molecule has 1 unspecified atom stereocenters. The van der Waals surface area contributed by atoms with Crippen molar-refractivity contribution in [1.82, 2.24) is 0 Å². The second-order valence-electron chi connectivity index (χ2n) is 4.37. The molecule has 19 heavy (non-hydrogen) atoms. The number of benzene rings is 2. The van der Waals surface area contributed by atoms with Crippen LogP contribution in [0.3, 0.4) is 0 Å². The zero-order chi connectivity index (χ0) is 13.5. The van der Waals surface area contributed by atoms with Gasteiger partial charge < -0.3 is 10.5 Å². The zero-order valence-corrected chi connectivity index (χ0v) is 10.7. The van der Waals surface area contributed by atoms with Gasteiger partial charge in [-0.1, -0.05) is 60.7 Å². The van der Waals surface area contributed by atoms with Gasteiger partial charge in [-0.2, -0.15) is 0 Å². The van der Waals surface area contributed by atoms with E-state index in [0.29, 0.717) is 6.61 Å². The van der Waals surface area contributed by atoms with Crippen LogP contribution in [-0.2, 0) is 16.1 Å². The molecular formula is C16H17NO2. The van der Waals surface area contributed by atoms with E-state index in [1.807, 2.05) is 60.7 Å². The molecule has 2 aromatic rings. The van der Waals surface area contributed by atoms with Crippen LogP contribution in [0.25, 0.3) is 0 Å². The molecule has 0 amide bonds. The van der Waals surface area contributed by atoms with E-state index in [1.165, 1.54) is 0 Å². The lowest BCUT2D eigenvalue weighted by molar-refractivity contribution is -0.145. The lowest BCUT2D eigenvalue weighted by atomic mass is 10.1. The number of rotatable bonds is 5. The van der Waals surface area contributed by atoms with E-state index in [0.717, 1.165) is 11.1 Å². The Morgan fingerprint density at radius 2 is 1.58 bits per heavy atom. The predicted octanol–water partition coefficient (Wildman–Crippen LogP) is 2.82. The smallest absolute Gasteiger partial charge is 0.308 e. The second kappa shape index (κ2) is 6.71.